The van der Waals surface area contributed by atoms with Crippen LogP contribution in [0.25, 0.3) is 16.8 Å². The van der Waals surface area contributed by atoms with Crippen molar-refractivity contribution in [1.29, 1.82) is 0 Å². The Morgan fingerprint density at radius 1 is 0.962 bits per heavy atom. The Morgan fingerprint density at radius 2 is 1.69 bits per heavy atom. The average Bonchev–Trinajstić information content (AvgIpc) is 3.18. The molecule has 0 aliphatic carbocycles. The highest BCUT2D eigenvalue weighted by Gasteiger charge is 2.10. The fourth-order valence-corrected chi connectivity index (χ4v) is 3.15. The number of pyridine rings is 1. The van der Waals surface area contributed by atoms with Crippen molar-refractivity contribution in [2.24, 2.45) is 0 Å². The third-order valence-electron chi connectivity index (χ3n) is 4.61. The van der Waals surface area contributed by atoms with E-state index in [0.29, 0.717) is 5.92 Å². The van der Waals surface area contributed by atoms with Gasteiger partial charge in [-0.3, -0.25) is 0 Å². The Bertz CT molecular complexity index is 979. The molecule has 26 heavy (non-hydrogen) atoms. The van der Waals surface area contributed by atoms with Crippen molar-refractivity contribution in [2.75, 3.05) is 6.54 Å². The molecule has 0 radical (unpaired) electrons. The minimum atomic E-state index is 0.445. The molecule has 4 aromatic rings. The van der Waals surface area contributed by atoms with Gasteiger partial charge in [-0.15, -0.1) is 5.10 Å². The number of hydrogen-bond donors (Lipinski definition) is 1. The van der Waals surface area contributed by atoms with Gasteiger partial charge in [0.2, 0.25) is 0 Å². The summed E-state index contributed by atoms with van der Waals surface area (Å²) in [6.45, 7) is 3.85. The number of aromatic nitrogens is 4. The fraction of sp³-hybridized carbons (Fsp3) is 0.190. The van der Waals surface area contributed by atoms with Crippen LogP contribution in [0.4, 0.5) is 0 Å². The molecule has 2 aromatic carbocycles. The lowest BCUT2D eigenvalue weighted by molar-refractivity contribution is 0.615. The van der Waals surface area contributed by atoms with Crippen LogP contribution in [-0.4, -0.2) is 26.6 Å². The first-order chi connectivity index (χ1) is 12.8. The lowest BCUT2D eigenvalue weighted by Crippen LogP contribution is -2.20. The summed E-state index contributed by atoms with van der Waals surface area (Å²) in [5.41, 5.74) is 5.50. The molecule has 0 spiro atoms. The van der Waals surface area contributed by atoms with Crippen LogP contribution in [0.15, 0.2) is 72.9 Å². The first-order valence-corrected chi connectivity index (χ1v) is 8.83. The summed E-state index contributed by atoms with van der Waals surface area (Å²) in [6, 6.07) is 23.0. The van der Waals surface area contributed by atoms with E-state index in [1.54, 1.807) is 4.52 Å². The summed E-state index contributed by atoms with van der Waals surface area (Å²) in [7, 11) is 0. The zero-order chi connectivity index (χ0) is 17.8. The second-order valence-electron chi connectivity index (χ2n) is 6.51. The van der Waals surface area contributed by atoms with Gasteiger partial charge >= 0.3 is 0 Å². The molecule has 0 bridgehead atoms. The highest BCUT2D eigenvalue weighted by atomic mass is 15.5. The number of fused-ring (bicyclic) bond motifs is 1. The topological polar surface area (TPSA) is 55.1 Å². The minimum absolute atomic E-state index is 0.445. The van der Waals surface area contributed by atoms with Gasteiger partial charge in [0.15, 0.2) is 5.65 Å². The van der Waals surface area contributed by atoms with E-state index < -0.39 is 0 Å². The fourth-order valence-electron chi connectivity index (χ4n) is 3.15. The summed E-state index contributed by atoms with van der Waals surface area (Å²) in [6.07, 6.45) is 1.97. The van der Waals surface area contributed by atoms with Crippen molar-refractivity contribution in [1.82, 2.24) is 25.4 Å². The van der Waals surface area contributed by atoms with Crippen LogP contribution < -0.4 is 5.32 Å². The predicted octanol–water partition coefficient (Wildman–Crippen LogP) is 3.68. The molecule has 5 nitrogen and oxygen atoms in total. The van der Waals surface area contributed by atoms with Crippen LogP contribution in [0.2, 0.25) is 0 Å². The van der Waals surface area contributed by atoms with Gasteiger partial charge in [-0.25, -0.2) is 0 Å². The average molecular weight is 343 g/mol. The number of tetrazole rings is 1. The summed E-state index contributed by atoms with van der Waals surface area (Å²) in [4.78, 5) is 0. The molecular weight excluding hydrogens is 322 g/mol. The summed E-state index contributed by atoms with van der Waals surface area (Å²) >= 11 is 0. The van der Waals surface area contributed by atoms with Crippen molar-refractivity contribution >= 4 is 5.65 Å². The Labute approximate surface area is 152 Å². The normalized spacial score (nSPS) is 12.3. The number of hydrogen-bond acceptors (Lipinski definition) is 4. The van der Waals surface area contributed by atoms with E-state index >= 15 is 0 Å². The Kier molecular flexibility index (Phi) is 4.71. The summed E-state index contributed by atoms with van der Waals surface area (Å²) in [5, 5.41) is 15.6. The van der Waals surface area contributed by atoms with Gasteiger partial charge < -0.3 is 5.32 Å². The number of rotatable bonds is 6. The third-order valence-corrected chi connectivity index (χ3v) is 4.61. The molecule has 1 N–H and O–H groups in total. The predicted molar refractivity (Wildman–Crippen MR) is 103 cm³/mol. The number of nitrogens with zero attached hydrogens (tertiary/aromatic N) is 4. The standard InChI is InChI=1S/C21H21N5/c1-16(17-8-4-2-5-9-17)13-22-14-19-12-20(18-10-6-3-7-11-18)15-26-21(19)23-24-25-26/h2-12,15-16,22H,13-14H2,1H3/t16-/m0/s1. The van der Waals surface area contributed by atoms with Crippen molar-refractivity contribution in [2.45, 2.75) is 19.4 Å². The van der Waals surface area contributed by atoms with Gasteiger partial charge in [-0.05, 0) is 33.5 Å². The van der Waals surface area contributed by atoms with Gasteiger partial charge in [0.05, 0.1) is 0 Å². The first-order valence-electron chi connectivity index (χ1n) is 8.83. The van der Waals surface area contributed by atoms with Gasteiger partial charge in [-0.1, -0.05) is 67.6 Å². The monoisotopic (exact) mass is 343 g/mol. The molecule has 2 heterocycles. The molecule has 0 amide bonds. The molecular formula is C21H21N5. The molecule has 0 unspecified atom stereocenters. The molecule has 4 rings (SSSR count). The van der Waals surface area contributed by atoms with Crippen LogP contribution in [0.1, 0.15) is 24.0 Å². The second kappa shape index (κ2) is 7.45. The Balaban J connectivity index is 1.53. The molecule has 1 atom stereocenters. The lowest BCUT2D eigenvalue weighted by atomic mass is 10.0. The van der Waals surface area contributed by atoms with Crippen molar-refractivity contribution in [3.63, 3.8) is 0 Å². The SMILES string of the molecule is C[C@@H](CNCc1cc(-c2ccccc2)cn2nnnc12)c1ccccc1. The van der Waals surface area contributed by atoms with E-state index in [9.17, 15) is 0 Å². The Morgan fingerprint density at radius 3 is 2.46 bits per heavy atom. The quantitative estimate of drug-likeness (QED) is 0.580. The zero-order valence-electron chi connectivity index (χ0n) is 14.7. The van der Waals surface area contributed by atoms with Gasteiger partial charge in [0.1, 0.15) is 0 Å². The van der Waals surface area contributed by atoms with Crippen molar-refractivity contribution in [3.8, 4) is 11.1 Å². The van der Waals surface area contributed by atoms with E-state index in [2.05, 4.69) is 70.2 Å². The highest BCUT2D eigenvalue weighted by molar-refractivity contribution is 5.66. The molecule has 0 fully saturated rings. The van der Waals surface area contributed by atoms with E-state index in [1.165, 1.54) is 5.56 Å². The minimum Gasteiger partial charge on any atom is -0.312 e. The van der Waals surface area contributed by atoms with Gasteiger partial charge in [0.25, 0.3) is 0 Å². The largest absolute Gasteiger partial charge is 0.312 e. The van der Waals surface area contributed by atoms with Crippen LogP contribution in [0.3, 0.4) is 0 Å². The lowest BCUT2D eigenvalue weighted by Gasteiger charge is -2.14. The van der Waals surface area contributed by atoms with Crippen LogP contribution in [-0.2, 0) is 6.54 Å². The van der Waals surface area contributed by atoms with E-state index in [4.69, 9.17) is 0 Å². The van der Waals surface area contributed by atoms with E-state index in [-0.39, 0.29) is 0 Å². The summed E-state index contributed by atoms with van der Waals surface area (Å²) < 4.78 is 1.75. The Hall–Kier alpha value is -3.05. The third kappa shape index (κ3) is 3.48. The van der Waals surface area contributed by atoms with E-state index in [0.717, 1.165) is 35.4 Å². The van der Waals surface area contributed by atoms with Crippen LogP contribution in [0.5, 0.6) is 0 Å². The first kappa shape index (κ1) is 16.4. The molecule has 5 heteroatoms. The summed E-state index contributed by atoms with van der Waals surface area (Å²) in [5.74, 6) is 0.445. The van der Waals surface area contributed by atoms with E-state index in [1.807, 2.05) is 30.5 Å². The molecule has 0 saturated heterocycles. The number of nitrogens with one attached hydrogen (secondary N) is 1. The van der Waals surface area contributed by atoms with Crippen molar-refractivity contribution < 1.29 is 0 Å². The maximum Gasteiger partial charge on any atom is 0.183 e. The van der Waals surface area contributed by atoms with Gasteiger partial charge in [0, 0.05) is 30.4 Å². The molecule has 0 aliphatic heterocycles. The maximum atomic E-state index is 4.17. The highest BCUT2D eigenvalue weighted by Crippen LogP contribution is 2.22. The molecule has 0 saturated carbocycles. The van der Waals surface area contributed by atoms with Crippen molar-refractivity contribution in [3.05, 3.63) is 84.1 Å². The molecule has 0 aliphatic rings. The van der Waals surface area contributed by atoms with Gasteiger partial charge in [-0.2, -0.15) is 4.52 Å². The van der Waals surface area contributed by atoms with Crippen LogP contribution >= 0.6 is 0 Å². The number of benzene rings is 2. The zero-order valence-corrected chi connectivity index (χ0v) is 14.7. The smallest absolute Gasteiger partial charge is 0.183 e. The molecule has 2 aromatic heterocycles. The maximum absolute atomic E-state index is 4.17. The molecule has 130 valence electrons. The van der Waals surface area contributed by atoms with Crippen LogP contribution in [0, 0.1) is 0 Å². The second-order valence-corrected chi connectivity index (χ2v) is 6.51.